The number of carboxylic acid groups (broad SMARTS) is 1. The van der Waals surface area contributed by atoms with Crippen molar-refractivity contribution in [3.63, 3.8) is 0 Å². The molecule has 2 rings (SSSR count). The van der Waals surface area contributed by atoms with Crippen LogP contribution in [0.5, 0.6) is 11.6 Å². The van der Waals surface area contributed by atoms with Gasteiger partial charge in [-0.2, -0.15) is 0 Å². The van der Waals surface area contributed by atoms with Gasteiger partial charge in [0.25, 0.3) is 0 Å². The average Bonchev–Trinajstić information content (AvgIpc) is 2.34. The van der Waals surface area contributed by atoms with Crippen LogP contribution < -0.4 is 4.74 Å². The molecule has 2 aromatic rings. The number of halogens is 1. The first kappa shape index (κ1) is 12.6. The highest BCUT2D eigenvalue weighted by atomic mass is 79.9. The van der Waals surface area contributed by atoms with Gasteiger partial charge in [0.2, 0.25) is 5.88 Å². The highest BCUT2D eigenvalue weighted by Crippen LogP contribution is 2.27. The highest BCUT2D eigenvalue weighted by molar-refractivity contribution is 9.10. The summed E-state index contributed by atoms with van der Waals surface area (Å²) in [6, 6.07) is 8.66. The number of nitrogens with zero attached hydrogens (tertiary/aromatic N) is 1. The minimum atomic E-state index is -1.01. The summed E-state index contributed by atoms with van der Waals surface area (Å²) in [4.78, 5) is 14.6. The SMILES string of the molecule is Cc1ccc(Br)cc1Oc1ccc(C(=O)O)cn1. The predicted octanol–water partition coefficient (Wildman–Crippen LogP) is 3.64. The van der Waals surface area contributed by atoms with Gasteiger partial charge in [0.15, 0.2) is 0 Å². The maximum atomic E-state index is 10.7. The third-order valence-corrected chi connectivity index (χ3v) is 2.84. The first-order valence-corrected chi connectivity index (χ1v) is 5.99. The summed E-state index contributed by atoms with van der Waals surface area (Å²) in [5, 5.41) is 8.76. The molecular weight excluding hydrogens is 298 g/mol. The van der Waals surface area contributed by atoms with Crippen molar-refractivity contribution in [3.05, 3.63) is 52.1 Å². The van der Waals surface area contributed by atoms with E-state index in [4.69, 9.17) is 9.84 Å². The van der Waals surface area contributed by atoms with E-state index in [2.05, 4.69) is 20.9 Å². The Morgan fingerprint density at radius 2 is 2.11 bits per heavy atom. The van der Waals surface area contributed by atoms with Crippen LogP contribution in [0.25, 0.3) is 0 Å². The number of hydrogen-bond donors (Lipinski definition) is 1. The predicted molar refractivity (Wildman–Crippen MR) is 70.1 cm³/mol. The van der Waals surface area contributed by atoms with Gasteiger partial charge in [-0.15, -0.1) is 0 Å². The van der Waals surface area contributed by atoms with Crippen LogP contribution in [0.1, 0.15) is 15.9 Å². The zero-order valence-corrected chi connectivity index (χ0v) is 11.1. The number of carbonyl (C=O) groups is 1. The summed E-state index contributed by atoms with van der Waals surface area (Å²) in [7, 11) is 0. The molecule has 0 unspecified atom stereocenters. The number of pyridine rings is 1. The second kappa shape index (κ2) is 5.18. The van der Waals surface area contributed by atoms with Gasteiger partial charge < -0.3 is 9.84 Å². The molecule has 0 bridgehead atoms. The molecule has 5 heteroatoms. The number of aromatic carboxylic acids is 1. The average molecular weight is 308 g/mol. The summed E-state index contributed by atoms with van der Waals surface area (Å²) in [5.41, 5.74) is 1.11. The van der Waals surface area contributed by atoms with Crippen LogP contribution in [-0.4, -0.2) is 16.1 Å². The monoisotopic (exact) mass is 307 g/mol. The van der Waals surface area contributed by atoms with Gasteiger partial charge in [0, 0.05) is 16.7 Å². The lowest BCUT2D eigenvalue weighted by molar-refractivity contribution is 0.0696. The topological polar surface area (TPSA) is 59.4 Å². The van der Waals surface area contributed by atoms with E-state index in [0.29, 0.717) is 11.6 Å². The molecule has 0 atom stereocenters. The quantitative estimate of drug-likeness (QED) is 0.940. The van der Waals surface area contributed by atoms with E-state index >= 15 is 0 Å². The summed E-state index contributed by atoms with van der Waals surface area (Å²) < 4.78 is 6.50. The Bertz CT molecular complexity index is 581. The van der Waals surface area contributed by atoms with Crippen LogP contribution >= 0.6 is 15.9 Å². The lowest BCUT2D eigenvalue weighted by Gasteiger charge is -2.08. The maximum Gasteiger partial charge on any atom is 0.337 e. The fourth-order valence-electron chi connectivity index (χ4n) is 1.36. The van der Waals surface area contributed by atoms with Crippen LogP contribution in [-0.2, 0) is 0 Å². The van der Waals surface area contributed by atoms with Crippen molar-refractivity contribution in [2.45, 2.75) is 6.92 Å². The van der Waals surface area contributed by atoms with Crippen LogP contribution in [0.15, 0.2) is 41.0 Å². The van der Waals surface area contributed by atoms with Gasteiger partial charge in [0.05, 0.1) is 5.56 Å². The number of ether oxygens (including phenoxy) is 1. The molecule has 1 aromatic carbocycles. The Hall–Kier alpha value is -1.88. The van der Waals surface area contributed by atoms with Crippen molar-refractivity contribution in [1.82, 2.24) is 4.98 Å². The van der Waals surface area contributed by atoms with E-state index in [1.807, 2.05) is 25.1 Å². The second-order valence-corrected chi connectivity index (χ2v) is 4.62. The summed E-state index contributed by atoms with van der Waals surface area (Å²) in [5.74, 6) is 0.0360. The third-order valence-electron chi connectivity index (χ3n) is 2.35. The first-order valence-electron chi connectivity index (χ1n) is 5.19. The van der Waals surface area contributed by atoms with Gasteiger partial charge in [-0.3, -0.25) is 0 Å². The largest absolute Gasteiger partial charge is 0.478 e. The molecule has 0 aliphatic heterocycles. The summed E-state index contributed by atoms with van der Waals surface area (Å²) >= 11 is 3.36. The smallest absolute Gasteiger partial charge is 0.337 e. The van der Waals surface area contributed by atoms with E-state index in [9.17, 15) is 4.79 Å². The fraction of sp³-hybridized carbons (Fsp3) is 0.0769. The highest BCUT2D eigenvalue weighted by Gasteiger charge is 2.06. The zero-order valence-electron chi connectivity index (χ0n) is 9.55. The number of hydrogen-bond acceptors (Lipinski definition) is 3. The van der Waals surface area contributed by atoms with Crippen molar-refractivity contribution in [3.8, 4) is 11.6 Å². The summed E-state index contributed by atoms with van der Waals surface area (Å²) in [6.45, 7) is 1.92. The van der Waals surface area contributed by atoms with Gasteiger partial charge >= 0.3 is 5.97 Å². The van der Waals surface area contributed by atoms with Gasteiger partial charge in [-0.05, 0) is 30.7 Å². The molecule has 1 N–H and O–H groups in total. The lowest BCUT2D eigenvalue weighted by atomic mass is 10.2. The second-order valence-electron chi connectivity index (χ2n) is 3.70. The number of aromatic nitrogens is 1. The van der Waals surface area contributed by atoms with Crippen molar-refractivity contribution in [2.24, 2.45) is 0 Å². The van der Waals surface area contributed by atoms with Crippen LogP contribution in [0.3, 0.4) is 0 Å². The Kier molecular flexibility index (Phi) is 3.62. The van der Waals surface area contributed by atoms with Crippen molar-refractivity contribution < 1.29 is 14.6 Å². The molecule has 92 valence electrons. The Morgan fingerprint density at radius 1 is 1.33 bits per heavy atom. The molecular formula is C13H10BrNO3. The van der Waals surface area contributed by atoms with E-state index in [1.165, 1.54) is 18.3 Å². The Balaban J connectivity index is 2.23. The minimum Gasteiger partial charge on any atom is -0.478 e. The lowest BCUT2D eigenvalue weighted by Crippen LogP contribution is -1.97. The van der Waals surface area contributed by atoms with Gasteiger partial charge in [-0.1, -0.05) is 22.0 Å². The molecule has 0 saturated carbocycles. The molecule has 0 aliphatic carbocycles. The molecule has 4 nitrogen and oxygen atoms in total. The molecule has 1 aromatic heterocycles. The third kappa shape index (κ3) is 2.87. The summed E-state index contributed by atoms with van der Waals surface area (Å²) in [6.07, 6.45) is 1.27. The fourth-order valence-corrected chi connectivity index (χ4v) is 1.70. The van der Waals surface area contributed by atoms with Gasteiger partial charge in [-0.25, -0.2) is 9.78 Å². The zero-order chi connectivity index (χ0) is 13.1. The number of benzene rings is 1. The standard InChI is InChI=1S/C13H10BrNO3/c1-8-2-4-10(14)6-11(8)18-12-5-3-9(7-15-12)13(16)17/h2-7H,1H3,(H,16,17). The molecule has 1 heterocycles. The van der Waals surface area contributed by atoms with Crippen molar-refractivity contribution in [1.29, 1.82) is 0 Å². The van der Waals surface area contributed by atoms with Crippen molar-refractivity contribution >= 4 is 21.9 Å². The number of carboxylic acids is 1. The van der Waals surface area contributed by atoms with Crippen LogP contribution in [0.4, 0.5) is 0 Å². The first-order chi connectivity index (χ1) is 8.56. The molecule has 0 saturated heterocycles. The Morgan fingerprint density at radius 3 is 2.72 bits per heavy atom. The van der Waals surface area contributed by atoms with E-state index in [0.717, 1.165) is 10.0 Å². The molecule has 0 radical (unpaired) electrons. The Labute approximate surface area is 112 Å². The van der Waals surface area contributed by atoms with E-state index < -0.39 is 5.97 Å². The van der Waals surface area contributed by atoms with Crippen molar-refractivity contribution in [2.75, 3.05) is 0 Å². The molecule has 18 heavy (non-hydrogen) atoms. The maximum absolute atomic E-state index is 10.7. The normalized spacial score (nSPS) is 10.1. The van der Waals surface area contributed by atoms with Gasteiger partial charge in [0.1, 0.15) is 5.75 Å². The van der Waals surface area contributed by atoms with E-state index in [-0.39, 0.29) is 5.56 Å². The number of rotatable bonds is 3. The van der Waals surface area contributed by atoms with E-state index in [1.54, 1.807) is 0 Å². The van der Waals surface area contributed by atoms with Crippen LogP contribution in [0.2, 0.25) is 0 Å². The molecule has 0 spiro atoms. The molecule has 0 fully saturated rings. The molecule has 0 aliphatic rings. The van der Waals surface area contributed by atoms with Crippen LogP contribution in [0, 0.1) is 6.92 Å². The minimum absolute atomic E-state index is 0.133. The number of aryl methyl sites for hydroxylation is 1. The molecule has 0 amide bonds.